The Morgan fingerprint density at radius 3 is 2.76 bits per heavy atom. The molecule has 1 aliphatic carbocycles. The Balaban J connectivity index is 1.37. The number of aryl methyl sites for hydroxylation is 1. The number of hydrogen-bond acceptors (Lipinski definition) is 6. The molecule has 38 heavy (non-hydrogen) atoms. The fourth-order valence-electron chi connectivity index (χ4n) is 5.46. The summed E-state index contributed by atoms with van der Waals surface area (Å²) < 4.78 is 39.9. The fourth-order valence-corrected chi connectivity index (χ4v) is 5.46. The quantitative estimate of drug-likeness (QED) is 0.395. The zero-order valence-corrected chi connectivity index (χ0v) is 21.3. The molecule has 2 N–H and O–H groups in total. The van der Waals surface area contributed by atoms with E-state index in [4.69, 9.17) is 15.5 Å². The van der Waals surface area contributed by atoms with Gasteiger partial charge in [-0.3, -0.25) is 4.79 Å². The Hall–Kier alpha value is -3.57. The third kappa shape index (κ3) is 4.39. The van der Waals surface area contributed by atoms with Crippen LogP contribution in [0, 0.1) is 5.92 Å². The Morgan fingerprint density at radius 2 is 2.05 bits per heavy atom. The molecule has 3 aromatic heterocycles. The Labute approximate surface area is 218 Å². The number of piperidine rings is 1. The number of rotatable bonds is 7. The summed E-state index contributed by atoms with van der Waals surface area (Å²) in [5, 5.41) is 1.05. The highest BCUT2D eigenvalue weighted by Gasteiger charge is 2.33. The van der Waals surface area contributed by atoms with Crippen LogP contribution in [-0.4, -0.2) is 68.9 Å². The smallest absolute Gasteiger partial charge is 0.345 e. The molecular weight excluding hydrogens is 494 g/mol. The van der Waals surface area contributed by atoms with Gasteiger partial charge in [0.15, 0.2) is 5.82 Å². The molecule has 1 saturated heterocycles. The van der Waals surface area contributed by atoms with E-state index in [1.807, 2.05) is 17.7 Å². The van der Waals surface area contributed by atoms with Crippen molar-refractivity contribution in [2.45, 2.75) is 44.6 Å². The molecule has 200 valence electrons. The van der Waals surface area contributed by atoms with Gasteiger partial charge in [0.2, 0.25) is 0 Å². The van der Waals surface area contributed by atoms with E-state index in [1.165, 1.54) is 12.8 Å². The number of pyridine rings is 1. The predicted octanol–water partition coefficient (Wildman–Crippen LogP) is 3.79. The van der Waals surface area contributed by atoms with E-state index in [0.29, 0.717) is 22.7 Å². The second-order valence-electron chi connectivity index (χ2n) is 10.2. The minimum Gasteiger partial charge on any atom is -0.494 e. The summed E-state index contributed by atoms with van der Waals surface area (Å²) in [5.74, 6) is 1.67. The highest BCUT2D eigenvalue weighted by Crippen LogP contribution is 2.37. The molecule has 11 heteroatoms. The number of fused-ring (bicyclic) bond motifs is 2. The highest BCUT2D eigenvalue weighted by molar-refractivity contribution is 6.00. The van der Waals surface area contributed by atoms with Gasteiger partial charge in [-0.05, 0) is 55.5 Å². The third-order valence-corrected chi connectivity index (χ3v) is 7.58. The number of ether oxygens (including phenoxy) is 2. The molecule has 1 aromatic carbocycles. The molecule has 0 spiro atoms. The Bertz CT molecular complexity index is 1510. The monoisotopic (exact) mass is 524 g/mol. The van der Waals surface area contributed by atoms with Crippen LogP contribution in [0.2, 0.25) is 0 Å². The maximum Gasteiger partial charge on any atom is 0.345 e. The zero-order chi connectivity index (χ0) is 26.6. The molecule has 1 saturated carbocycles. The first-order chi connectivity index (χ1) is 18.3. The lowest BCUT2D eigenvalue weighted by Gasteiger charge is -2.36. The first-order valence-electron chi connectivity index (χ1n) is 12.8. The second kappa shape index (κ2) is 9.63. The molecule has 9 nitrogen and oxygen atoms in total. The lowest BCUT2D eigenvalue weighted by Crippen LogP contribution is -2.54. The standard InChI is InChI=1S/C27H30F2N6O3/c1-33-23-19(32-25(33)20-11-16-4-3-8-31-24(16)35(20)13-15-5-6-15)10-17(12-22(23)37-2)26(36)34-9-7-21(18(30)14-34)38-27(28)29/h3-4,8,10-12,15,18,21,27H,5-7,9,13-14,30H2,1-2H3/t18-,21+/m1/s1. The van der Waals surface area contributed by atoms with Gasteiger partial charge >= 0.3 is 6.61 Å². The van der Waals surface area contributed by atoms with Crippen molar-refractivity contribution in [3.63, 3.8) is 0 Å². The van der Waals surface area contributed by atoms with Crippen LogP contribution in [-0.2, 0) is 18.3 Å². The summed E-state index contributed by atoms with van der Waals surface area (Å²) in [6, 6.07) is 8.84. The first kappa shape index (κ1) is 24.7. The number of hydrogen-bond donors (Lipinski definition) is 1. The van der Waals surface area contributed by atoms with Crippen molar-refractivity contribution >= 4 is 28.0 Å². The molecule has 1 aliphatic heterocycles. The van der Waals surface area contributed by atoms with Gasteiger partial charge in [-0.2, -0.15) is 8.78 Å². The third-order valence-electron chi connectivity index (χ3n) is 7.58. The van der Waals surface area contributed by atoms with Gasteiger partial charge in [-0.25, -0.2) is 9.97 Å². The zero-order valence-electron chi connectivity index (χ0n) is 21.3. The second-order valence-corrected chi connectivity index (χ2v) is 10.2. The summed E-state index contributed by atoms with van der Waals surface area (Å²) in [7, 11) is 3.50. The molecule has 0 bridgehead atoms. The maximum absolute atomic E-state index is 13.4. The van der Waals surface area contributed by atoms with E-state index in [2.05, 4.69) is 26.4 Å². The number of aromatic nitrogens is 4. The van der Waals surface area contributed by atoms with Crippen LogP contribution in [0.25, 0.3) is 33.6 Å². The SMILES string of the molecule is COc1cc(C(=O)N2CC[C@H](OC(F)F)[C@H](N)C2)cc2nc(-c3cc4cccnc4n3CC3CC3)n(C)c12. The lowest BCUT2D eigenvalue weighted by atomic mass is 10.0. The number of alkyl halides is 2. The Kier molecular flexibility index (Phi) is 6.27. The fraction of sp³-hybridized carbons (Fsp3) is 0.444. The number of benzene rings is 1. The van der Waals surface area contributed by atoms with Gasteiger partial charge in [0.25, 0.3) is 5.91 Å². The first-order valence-corrected chi connectivity index (χ1v) is 12.8. The van der Waals surface area contributed by atoms with Crippen molar-refractivity contribution < 1.29 is 23.0 Å². The van der Waals surface area contributed by atoms with Gasteiger partial charge in [-0.1, -0.05) is 0 Å². The van der Waals surface area contributed by atoms with E-state index in [0.717, 1.165) is 34.6 Å². The summed E-state index contributed by atoms with van der Waals surface area (Å²) >= 11 is 0. The summed E-state index contributed by atoms with van der Waals surface area (Å²) in [6.07, 6.45) is 3.68. The van der Waals surface area contributed by atoms with Gasteiger partial charge in [-0.15, -0.1) is 0 Å². The predicted molar refractivity (Wildman–Crippen MR) is 138 cm³/mol. The molecule has 2 fully saturated rings. The van der Waals surface area contributed by atoms with Gasteiger partial charge in [0.1, 0.15) is 16.9 Å². The number of likely N-dealkylation sites (tertiary alicyclic amines) is 1. The lowest BCUT2D eigenvalue weighted by molar-refractivity contribution is -0.175. The minimum absolute atomic E-state index is 0.123. The number of imidazole rings is 1. The average molecular weight is 525 g/mol. The number of nitrogens with zero attached hydrogens (tertiary/aromatic N) is 5. The maximum atomic E-state index is 13.4. The largest absolute Gasteiger partial charge is 0.494 e. The van der Waals surface area contributed by atoms with E-state index >= 15 is 0 Å². The van der Waals surface area contributed by atoms with E-state index in [1.54, 1.807) is 30.3 Å². The number of carbonyl (C=O) groups is 1. The van der Waals surface area contributed by atoms with Crippen LogP contribution in [0.5, 0.6) is 5.75 Å². The van der Waals surface area contributed by atoms with Crippen molar-refractivity contribution in [3.05, 3.63) is 42.1 Å². The molecule has 6 rings (SSSR count). The topological polar surface area (TPSA) is 100 Å². The molecule has 0 radical (unpaired) electrons. The minimum atomic E-state index is -2.89. The highest BCUT2D eigenvalue weighted by atomic mass is 19.3. The van der Waals surface area contributed by atoms with Gasteiger partial charge in [0, 0.05) is 49.9 Å². The number of halogens is 2. The molecular formula is C27H30F2N6O3. The number of carbonyl (C=O) groups excluding carboxylic acids is 1. The summed E-state index contributed by atoms with van der Waals surface area (Å²) in [4.78, 5) is 24.6. The molecule has 4 heterocycles. The Morgan fingerprint density at radius 1 is 1.24 bits per heavy atom. The van der Waals surface area contributed by atoms with Crippen LogP contribution < -0.4 is 10.5 Å². The molecule has 4 aromatic rings. The number of amides is 1. The molecule has 0 unspecified atom stereocenters. The summed E-state index contributed by atoms with van der Waals surface area (Å²) in [5.41, 5.74) is 9.75. The van der Waals surface area contributed by atoms with Crippen LogP contribution >= 0.6 is 0 Å². The van der Waals surface area contributed by atoms with Crippen LogP contribution in [0.4, 0.5) is 8.78 Å². The number of methoxy groups -OCH3 is 1. The molecule has 1 amide bonds. The van der Waals surface area contributed by atoms with E-state index in [9.17, 15) is 13.6 Å². The molecule has 2 atom stereocenters. The summed E-state index contributed by atoms with van der Waals surface area (Å²) in [6.45, 7) is -1.62. The van der Waals surface area contributed by atoms with Crippen molar-refractivity contribution in [1.29, 1.82) is 0 Å². The van der Waals surface area contributed by atoms with Crippen LogP contribution in [0.15, 0.2) is 36.5 Å². The van der Waals surface area contributed by atoms with Crippen molar-refractivity contribution in [2.75, 3.05) is 20.2 Å². The van der Waals surface area contributed by atoms with Crippen LogP contribution in [0.3, 0.4) is 0 Å². The van der Waals surface area contributed by atoms with Gasteiger partial charge < -0.3 is 29.2 Å². The van der Waals surface area contributed by atoms with Crippen molar-refractivity contribution in [2.24, 2.45) is 18.7 Å². The van der Waals surface area contributed by atoms with Crippen molar-refractivity contribution in [3.8, 4) is 17.3 Å². The van der Waals surface area contributed by atoms with E-state index in [-0.39, 0.29) is 25.4 Å². The normalized spacial score (nSPS) is 20.1. The van der Waals surface area contributed by atoms with Crippen molar-refractivity contribution in [1.82, 2.24) is 24.0 Å². The average Bonchev–Trinajstić information content (AvgIpc) is 3.57. The van der Waals surface area contributed by atoms with Gasteiger partial charge in [0.05, 0.1) is 24.4 Å². The van der Waals surface area contributed by atoms with E-state index < -0.39 is 18.8 Å². The van der Waals surface area contributed by atoms with Crippen LogP contribution in [0.1, 0.15) is 29.6 Å². The molecule has 2 aliphatic rings. The number of nitrogens with two attached hydrogens (primary N) is 1.